The van der Waals surface area contributed by atoms with Crippen molar-refractivity contribution in [2.75, 3.05) is 6.54 Å². The third-order valence-electron chi connectivity index (χ3n) is 2.59. The lowest BCUT2D eigenvalue weighted by Gasteiger charge is -2.22. The molecule has 0 saturated carbocycles. The first-order valence-electron chi connectivity index (χ1n) is 6.29. The van der Waals surface area contributed by atoms with Crippen molar-refractivity contribution in [3.63, 3.8) is 0 Å². The number of carbonyl (C=O) groups excluding carboxylic acids is 1. The molecule has 2 N–H and O–H groups in total. The van der Waals surface area contributed by atoms with Crippen LogP contribution < -0.4 is 10.6 Å². The lowest BCUT2D eigenvalue weighted by molar-refractivity contribution is -0.121. The molecule has 0 aliphatic carbocycles. The minimum absolute atomic E-state index is 0.0172. The monoisotopic (exact) mass is 320 g/mol. The van der Waals surface area contributed by atoms with E-state index in [-0.39, 0.29) is 29.1 Å². The van der Waals surface area contributed by atoms with Crippen LogP contribution in [0, 0.1) is 5.82 Å². The Bertz CT molecular complexity index is 501. The first-order valence-corrected chi connectivity index (χ1v) is 7.04. The van der Waals surface area contributed by atoms with E-state index >= 15 is 0 Å². The van der Waals surface area contributed by atoms with Gasteiger partial charge in [-0.25, -0.2) is 4.39 Å². The van der Waals surface area contributed by atoms with Gasteiger partial charge in [0.1, 0.15) is 5.82 Å². The zero-order chi connectivity index (χ0) is 15.5. The van der Waals surface area contributed by atoms with Crippen molar-refractivity contribution in [3.8, 4) is 0 Å². The molecule has 0 heterocycles. The fraction of sp³-hybridized carbons (Fsp3) is 0.500. The van der Waals surface area contributed by atoms with E-state index in [9.17, 15) is 9.18 Å². The maximum absolute atomic E-state index is 13.4. The number of nitrogens with one attached hydrogen (secondary N) is 2. The normalized spacial score (nSPS) is 13.2. The van der Waals surface area contributed by atoms with Gasteiger partial charge in [0.15, 0.2) is 0 Å². The van der Waals surface area contributed by atoms with Crippen LogP contribution >= 0.6 is 23.2 Å². The number of halogens is 3. The van der Waals surface area contributed by atoms with Crippen molar-refractivity contribution in [3.05, 3.63) is 33.6 Å². The van der Waals surface area contributed by atoms with Crippen LogP contribution in [-0.4, -0.2) is 18.0 Å². The molecule has 1 atom stereocenters. The van der Waals surface area contributed by atoms with Crippen molar-refractivity contribution in [2.45, 2.75) is 39.3 Å². The number of rotatable bonds is 4. The number of carbonyl (C=O) groups is 1. The first-order chi connectivity index (χ1) is 9.10. The maximum atomic E-state index is 13.4. The Hall–Kier alpha value is -0.840. The Morgan fingerprint density at radius 1 is 1.30 bits per heavy atom. The van der Waals surface area contributed by atoms with Crippen LogP contribution in [0.4, 0.5) is 4.39 Å². The molecule has 0 aliphatic heterocycles. The van der Waals surface area contributed by atoms with Gasteiger partial charge in [0.25, 0.3) is 0 Å². The van der Waals surface area contributed by atoms with Crippen LogP contribution in [0.2, 0.25) is 10.0 Å². The zero-order valence-electron chi connectivity index (χ0n) is 12.0. The summed E-state index contributed by atoms with van der Waals surface area (Å²) >= 11 is 11.7. The van der Waals surface area contributed by atoms with Crippen molar-refractivity contribution >= 4 is 29.1 Å². The second-order valence-corrected chi connectivity index (χ2v) is 6.50. The van der Waals surface area contributed by atoms with Gasteiger partial charge in [0, 0.05) is 16.6 Å². The van der Waals surface area contributed by atoms with E-state index in [1.54, 1.807) is 6.92 Å². The predicted molar refractivity (Wildman–Crippen MR) is 80.7 cm³/mol. The molecular weight excluding hydrogens is 302 g/mol. The van der Waals surface area contributed by atoms with Crippen molar-refractivity contribution in [2.24, 2.45) is 0 Å². The van der Waals surface area contributed by atoms with Gasteiger partial charge >= 0.3 is 0 Å². The Balaban J connectivity index is 2.66. The molecule has 6 heteroatoms. The highest BCUT2D eigenvalue weighted by Gasteiger charge is 2.16. The average molecular weight is 321 g/mol. The number of hydrogen-bond donors (Lipinski definition) is 2. The summed E-state index contributed by atoms with van der Waals surface area (Å²) in [7, 11) is 0. The largest absolute Gasteiger partial charge is 0.350 e. The van der Waals surface area contributed by atoms with Gasteiger partial charge in [0.2, 0.25) is 5.91 Å². The lowest BCUT2D eigenvalue weighted by atomic mass is 10.1. The Morgan fingerprint density at radius 2 is 1.90 bits per heavy atom. The van der Waals surface area contributed by atoms with Crippen LogP contribution in [0.15, 0.2) is 12.1 Å². The van der Waals surface area contributed by atoms with Crippen molar-refractivity contribution < 1.29 is 9.18 Å². The van der Waals surface area contributed by atoms with Crippen LogP contribution in [0.1, 0.15) is 39.3 Å². The molecule has 3 nitrogen and oxygen atoms in total. The number of hydrogen-bond acceptors (Lipinski definition) is 2. The van der Waals surface area contributed by atoms with Crippen molar-refractivity contribution in [1.29, 1.82) is 0 Å². The van der Waals surface area contributed by atoms with Crippen LogP contribution in [0.3, 0.4) is 0 Å². The summed E-state index contributed by atoms with van der Waals surface area (Å²) in [6, 6.07) is 2.38. The summed E-state index contributed by atoms with van der Waals surface area (Å²) in [5, 5.41) is 6.18. The molecule has 20 heavy (non-hydrogen) atoms. The Labute approximate surface area is 128 Å². The minimum atomic E-state index is -0.529. The van der Waals surface area contributed by atoms with Crippen LogP contribution in [0.5, 0.6) is 0 Å². The van der Waals surface area contributed by atoms with Gasteiger partial charge in [-0.3, -0.25) is 4.79 Å². The summed E-state index contributed by atoms with van der Waals surface area (Å²) in [5.41, 5.74) is 0.281. The topological polar surface area (TPSA) is 41.1 Å². The number of amides is 1. The van der Waals surface area contributed by atoms with Gasteiger partial charge in [0.05, 0.1) is 11.6 Å². The van der Waals surface area contributed by atoms with E-state index < -0.39 is 5.82 Å². The molecule has 0 radical (unpaired) electrons. The average Bonchev–Trinajstić information content (AvgIpc) is 2.28. The van der Waals surface area contributed by atoms with E-state index in [1.807, 2.05) is 20.8 Å². The summed E-state index contributed by atoms with van der Waals surface area (Å²) in [6.07, 6.45) is 0. The van der Waals surface area contributed by atoms with Gasteiger partial charge in [-0.15, -0.1) is 0 Å². The molecule has 0 fully saturated rings. The second kappa shape index (κ2) is 6.74. The number of benzene rings is 1. The Morgan fingerprint density at radius 3 is 2.45 bits per heavy atom. The van der Waals surface area contributed by atoms with Crippen LogP contribution in [-0.2, 0) is 4.79 Å². The minimum Gasteiger partial charge on any atom is -0.350 e. The summed E-state index contributed by atoms with van der Waals surface area (Å²) in [4.78, 5) is 11.7. The SMILES string of the molecule is CC(NCC(=O)NC(C)(C)C)c1cc(F)c(Cl)cc1Cl. The smallest absolute Gasteiger partial charge is 0.234 e. The summed E-state index contributed by atoms with van der Waals surface area (Å²) in [5.74, 6) is -0.659. The third-order valence-corrected chi connectivity index (χ3v) is 3.21. The fourth-order valence-electron chi connectivity index (χ4n) is 1.69. The third kappa shape index (κ3) is 5.27. The van der Waals surface area contributed by atoms with Crippen molar-refractivity contribution in [1.82, 2.24) is 10.6 Å². The molecule has 0 aromatic heterocycles. The predicted octanol–water partition coefficient (Wildman–Crippen LogP) is 3.70. The molecule has 0 saturated heterocycles. The van der Waals surface area contributed by atoms with Gasteiger partial charge in [-0.2, -0.15) is 0 Å². The van der Waals surface area contributed by atoms with E-state index in [2.05, 4.69) is 10.6 Å². The van der Waals surface area contributed by atoms with Gasteiger partial charge < -0.3 is 10.6 Å². The summed E-state index contributed by atoms with van der Waals surface area (Å²) in [6.45, 7) is 7.64. The molecule has 1 aromatic rings. The highest BCUT2D eigenvalue weighted by Crippen LogP contribution is 2.28. The molecule has 1 rings (SSSR count). The van der Waals surface area contributed by atoms with E-state index in [0.717, 1.165) is 0 Å². The van der Waals surface area contributed by atoms with Gasteiger partial charge in [-0.05, 0) is 45.4 Å². The maximum Gasteiger partial charge on any atom is 0.234 e. The molecule has 0 bridgehead atoms. The molecule has 0 aliphatic rings. The fourth-order valence-corrected chi connectivity index (χ4v) is 2.23. The van der Waals surface area contributed by atoms with E-state index in [1.165, 1.54) is 12.1 Å². The van der Waals surface area contributed by atoms with Crippen LogP contribution in [0.25, 0.3) is 0 Å². The van der Waals surface area contributed by atoms with E-state index in [0.29, 0.717) is 10.6 Å². The second-order valence-electron chi connectivity index (χ2n) is 5.69. The first kappa shape index (κ1) is 17.2. The molecule has 1 unspecified atom stereocenters. The highest BCUT2D eigenvalue weighted by molar-refractivity contribution is 6.35. The summed E-state index contributed by atoms with van der Waals surface area (Å²) < 4.78 is 13.4. The lowest BCUT2D eigenvalue weighted by Crippen LogP contribution is -2.45. The Kier molecular flexibility index (Phi) is 5.80. The standard InChI is InChI=1S/C14H19Cl2FN2O/c1-8(18-7-13(20)19-14(2,3)4)9-5-12(17)11(16)6-10(9)15/h5-6,8,18H,7H2,1-4H3,(H,19,20). The van der Waals surface area contributed by atoms with E-state index in [4.69, 9.17) is 23.2 Å². The zero-order valence-corrected chi connectivity index (χ0v) is 13.5. The molecular formula is C14H19Cl2FN2O. The quantitative estimate of drug-likeness (QED) is 0.830. The molecule has 112 valence electrons. The van der Waals surface area contributed by atoms with Gasteiger partial charge in [-0.1, -0.05) is 23.2 Å². The molecule has 0 spiro atoms. The highest BCUT2D eigenvalue weighted by atomic mass is 35.5. The molecule has 1 amide bonds. The molecule has 1 aromatic carbocycles.